The van der Waals surface area contributed by atoms with E-state index in [2.05, 4.69) is 11.3 Å². The van der Waals surface area contributed by atoms with Crippen molar-refractivity contribution in [2.75, 3.05) is 22.8 Å². The Labute approximate surface area is 153 Å². The number of fused-ring (bicyclic) bond motifs is 1. The van der Waals surface area contributed by atoms with Gasteiger partial charge in [-0.2, -0.15) is 0 Å². The Morgan fingerprint density at radius 1 is 1.27 bits per heavy atom. The number of sulfonamides is 1. The summed E-state index contributed by atoms with van der Waals surface area (Å²) in [6.07, 6.45) is 2.28. The highest BCUT2D eigenvalue weighted by Gasteiger charge is 2.24. The first-order valence-electron chi connectivity index (χ1n) is 8.18. The molecule has 1 amide bonds. The van der Waals surface area contributed by atoms with Crippen LogP contribution in [0.15, 0.2) is 60.0 Å². The number of carbonyl (C=O) groups is 1. The SMILES string of the molecule is C=CCOc1ccc(NS(=O)(=O)c2ccc3c(c2)CCN3C(C)=O)cc1. The van der Waals surface area contributed by atoms with Crippen LogP contribution in [-0.4, -0.2) is 27.5 Å². The number of nitrogens with zero attached hydrogens (tertiary/aromatic N) is 1. The molecule has 7 heteroatoms. The fraction of sp³-hybridized carbons (Fsp3) is 0.211. The third-order valence-electron chi connectivity index (χ3n) is 4.11. The predicted octanol–water partition coefficient (Wildman–Crippen LogP) is 2.96. The lowest BCUT2D eigenvalue weighted by atomic mass is 10.2. The number of amides is 1. The Bertz CT molecular complexity index is 937. The minimum absolute atomic E-state index is 0.0451. The van der Waals surface area contributed by atoms with Gasteiger partial charge in [0.15, 0.2) is 0 Å². The maximum Gasteiger partial charge on any atom is 0.261 e. The lowest BCUT2D eigenvalue weighted by Gasteiger charge is -2.15. The normalized spacial score (nSPS) is 13.2. The quantitative estimate of drug-likeness (QED) is 0.791. The molecule has 3 rings (SSSR count). The van der Waals surface area contributed by atoms with Crippen LogP contribution in [0.25, 0.3) is 0 Å². The third kappa shape index (κ3) is 3.72. The number of carbonyl (C=O) groups excluding carboxylic acids is 1. The first kappa shape index (κ1) is 18.0. The van der Waals surface area contributed by atoms with E-state index in [9.17, 15) is 13.2 Å². The molecule has 1 aliphatic rings. The van der Waals surface area contributed by atoms with E-state index in [4.69, 9.17) is 4.74 Å². The van der Waals surface area contributed by atoms with Crippen molar-refractivity contribution in [1.82, 2.24) is 0 Å². The van der Waals surface area contributed by atoms with Crippen molar-refractivity contribution in [3.8, 4) is 5.75 Å². The second kappa shape index (κ2) is 7.21. The van der Waals surface area contributed by atoms with Gasteiger partial charge in [0.2, 0.25) is 5.91 Å². The molecule has 0 aromatic heterocycles. The Kier molecular flexibility index (Phi) is 4.99. The molecule has 1 aliphatic heterocycles. The zero-order valence-electron chi connectivity index (χ0n) is 14.4. The summed E-state index contributed by atoms with van der Waals surface area (Å²) in [7, 11) is -3.71. The maximum atomic E-state index is 12.6. The van der Waals surface area contributed by atoms with Crippen molar-refractivity contribution >= 4 is 27.3 Å². The molecule has 0 fully saturated rings. The van der Waals surface area contributed by atoms with E-state index in [1.54, 1.807) is 47.4 Å². The Hall–Kier alpha value is -2.80. The van der Waals surface area contributed by atoms with E-state index in [-0.39, 0.29) is 10.8 Å². The highest BCUT2D eigenvalue weighted by Crippen LogP contribution is 2.31. The van der Waals surface area contributed by atoms with E-state index in [0.717, 1.165) is 11.3 Å². The fourth-order valence-corrected chi connectivity index (χ4v) is 3.97. The first-order valence-corrected chi connectivity index (χ1v) is 9.66. The molecule has 0 saturated heterocycles. The van der Waals surface area contributed by atoms with Gasteiger partial charge in [-0.1, -0.05) is 12.7 Å². The molecule has 136 valence electrons. The fourth-order valence-electron chi connectivity index (χ4n) is 2.86. The number of anilines is 2. The second-order valence-corrected chi connectivity index (χ2v) is 7.62. The molecule has 0 radical (unpaired) electrons. The molecule has 2 aromatic carbocycles. The summed E-state index contributed by atoms with van der Waals surface area (Å²) in [6, 6.07) is 11.5. The standard InChI is InChI=1S/C19H20N2O4S/c1-3-12-25-17-6-4-16(5-7-17)20-26(23,24)18-8-9-19-15(13-18)10-11-21(19)14(2)22/h3-9,13,20H,1,10-12H2,2H3. The summed E-state index contributed by atoms with van der Waals surface area (Å²) >= 11 is 0. The summed E-state index contributed by atoms with van der Waals surface area (Å²) in [4.78, 5) is 13.4. The highest BCUT2D eigenvalue weighted by atomic mass is 32.2. The van der Waals surface area contributed by atoms with Crippen LogP contribution in [0.3, 0.4) is 0 Å². The number of hydrogen-bond acceptors (Lipinski definition) is 4. The Balaban J connectivity index is 1.78. The number of ether oxygens (including phenoxy) is 1. The lowest BCUT2D eigenvalue weighted by molar-refractivity contribution is -0.116. The van der Waals surface area contributed by atoms with E-state index in [0.29, 0.717) is 31.0 Å². The van der Waals surface area contributed by atoms with Crippen LogP contribution in [0.2, 0.25) is 0 Å². The topological polar surface area (TPSA) is 75.7 Å². The molecule has 0 aliphatic carbocycles. The van der Waals surface area contributed by atoms with Gasteiger partial charge in [-0.25, -0.2) is 8.42 Å². The Morgan fingerprint density at radius 2 is 2.00 bits per heavy atom. The van der Waals surface area contributed by atoms with Crippen molar-refractivity contribution in [3.05, 3.63) is 60.7 Å². The van der Waals surface area contributed by atoms with Gasteiger partial charge in [0.1, 0.15) is 12.4 Å². The monoisotopic (exact) mass is 372 g/mol. The molecule has 0 bridgehead atoms. The third-order valence-corrected chi connectivity index (χ3v) is 5.49. The number of rotatable bonds is 6. The van der Waals surface area contributed by atoms with Gasteiger partial charge in [0.25, 0.3) is 10.0 Å². The van der Waals surface area contributed by atoms with E-state index in [1.807, 2.05) is 0 Å². The van der Waals surface area contributed by atoms with E-state index >= 15 is 0 Å². The minimum atomic E-state index is -3.71. The van der Waals surface area contributed by atoms with Crippen molar-refractivity contribution < 1.29 is 17.9 Å². The summed E-state index contributed by atoms with van der Waals surface area (Å²) in [5.41, 5.74) is 2.08. The van der Waals surface area contributed by atoms with E-state index < -0.39 is 10.0 Å². The van der Waals surface area contributed by atoms with Gasteiger partial charge in [-0.15, -0.1) is 0 Å². The van der Waals surface area contributed by atoms with Gasteiger partial charge in [0, 0.05) is 24.8 Å². The molecule has 2 aromatic rings. The number of benzene rings is 2. The average Bonchev–Trinajstić information content (AvgIpc) is 3.04. The number of hydrogen-bond donors (Lipinski definition) is 1. The zero-order chi connectivity index (χ0) is 18.7. The molecule has 0 saturated carbocycles. The van der Waals surface area contributed by atoms with Crippen LogP contribution >= 0.6 is 0 Å². The molecule has 0 atom stereocenters. The van der Waals surface area contributed by atoms with Crippen LogP contribution in [-0.2, 0) is 21.2 Å². The molecule has 0 spiro atoms. The van der Waals surface area contributed by atoms with Gasteiger partial charge in [0.05, 0.1) is 4.90 Å². The van der Waals surface area contributed by atoms with E-state index in [1.165, 1.54) is 13.0 Å². The zero-order valence-corrected chi connectivity index (χ0v) is 15.3. The highest BCUT2D eigenvalue weighted by molar-refractivity contribution is 7.92. The van der Waals surface area contributed by atoms with Crippen LogP contribution in [0, 0.1) is 0 Å². The maximum absolute atomic E-state index is 12.6. The van der Waals surface area contributed by atoms with Gasteiger partial charge in [-0.05, 0) is 54.4 Å². The van der Waals surface area contributed by atoms with Crippen molar-refractivity contribution in [2.45, 2.75) is 18.2 Å². The molecule has 1 heterocycles. The van der Waals surface area contributed by atoms with Crippen molar-refractivity contribution in [2.24, 2.45) is 0 Å². The molecule has 6 nitrogen and oxygen atoms in total. The van der Waals surface area contributed by atoms with Crippen molar-refractivity contribution in [3.63, 3.8) is 0 Å². The van der Waals surface area contributed by atoms with Crippen LogP contribution in [0.5, 0.6) is 5.75 Å². The molecule has 1 N–H and O–H groups in total. The van der Waals surface area contributed by atoms with Crippen molar-refractivity contribution in [1.29, 1.82) is 0 Å². The minimum Gasteiger partial charge on any atom is -0.490 e. The Morgan fingerprint density at radius 3 is 2.65 bits per heavy atom. The van der Waals surface area contributed by atoms with Gasteiger partial charge < -0.3 is 9.64 Å². The van der Waals surface area contributed by atoms with Gasteiger partial charge in [-0.3, -0.25) is 9.52 Å². The van der Waals surface area contributed by atoms with Crippen LogP contribution < -0.4 is 14.4 Å². The smallest absolute Gasteiger partial charge is 0.261 e. The summed E-state index contributed by atoms with van der Waals surface area (Å²) in [6.45, 7) is 6.04. The van der Waals surface area contributed by atoms with Crippen LogP contribution in [0.1, 0.15) is 12.5 Å². The number of nitrogens with one attached hydrogen (secondary N) is 1. The van der Waals surface area contributed by atoms with Crippen LogP contribution in [0.4, 0.5) is 11.4 Å². The lowest BCUT2D eigenvalue weighted by Crippen LogP contribution is -2.25. The average molecular weight is 372 g/mol. The molecule has 0 unspecified atom stereocenters. The molecular formula is C19H20N2O4S. The van der Waals surface area contributed by atoms with Gasteiger partial charge >= 0.3 is 0 Å². The predicted molar refractivity (Wildman–Crippen MR) is 101 cm³/mol. The summed E-state index contributed by atoms with van der Waals surface area (Å²) in [5.74, 6) is 0.589. The molecular weight excluding hydrogens is 352 g/mol. The largest absolute Gasteiger partial charge is 0.490 e. The summed E-state index contributed by atoms with van der Waals surface area (Å²) in [5, 5.41) is 0. The second-order valence-electron chi connectivity index (χ2n) is 5.94. The summed E-state index contributed by atoms with van der Waals surface area (Å²) < 4.78 is 33.2. The molecule has 26 heavy (non-hydrogen) atoms. The first-order chi connectivity index (χ1) is 12.4.